The number of hydrogen-bond donors (Lipinski definition) is 2. The number of carbonyl (C=O) groups excluding carboxylic acids is 1. The van der Waals surface area contributed by atoms with Crippen LogP contribution in [0.15, 0.2) is 15.9 Å². The molecule has 0 spiro atoms. The van der Waals surface area contributed by atoms with Crippen molar-refractivity contribution in [2.75, 3.05) is 26.2 Å². The van der Waals surface area contributed by atoms with Crippen molar-refractivity contribution in [3.05, 3.63) is 20.8 Å². The summed E-state index contributed by atoms with van der Waals surface area (Å²) in [5.41, 5.74) is 0. The molecule has 0 bridgehead atoms. The lowest BCUT2D eigenvalue weighted by molar-refractivity contribution is -0.127. The largest absolute Gasteiger partial charge is 0.355 e. The lowest BCUT2D eigenvalue weighted by atomic mass is 10.1. The second-order valence-corrected chi connectivity index (χ2v) is 6.55. The van der Waals surface area contributed by atoms with Crippen LogP contribution < -0.4 is 10.6 Å². The molecule has 1 aliphatic heterocycles. The lowest BCUT2D eigenvalue weighted by Crippen LogP contribution is -2.58. The summed E-state index contributed by atoms with van der Waals surface area (Å²) in [4.78, 5) is 15.7. The Morgan fingerprint density at radius 3 is 3.16 bits per heavy atom. The van der Waals surface area contributed by atoms with Gasteiger partial charge in [0.2, 0.25) is 5.91 Å². The number of piperazine rings is 1. The zero-order chi connectivity index (χ0) is 13.8. The fraction of sp³-hybridized carbons (Fsp3) is 0.615. The summed E-state index contributed by atoms with van der Waals surface area (Å²) >= 11 is 5.23. The van der Waals surface area contributed by atoms with Crippen LogP contribution in [0, 0.1) is 0 Å². The number of amides is 1. The monoisotopic (exact) mass is 345 g/mol. The summed E-state index contributed by atoms with van der Waals surface area (Å²) < 4.78 is 1.11. The highest BCUT2D eigenvalue weighted by Crippen LogP contribution is 2.30. The van der Waals surface area contributed by atoms with Gasteiger partial charge >= 0.3 is 0 Å². The third-order valence-corrected chi connectivity index (χ3v) is 5.30. The summed E-state index contributed by atoms with van der Waals surface area (Å²) in [5.74, 6) is 0.122. The van der Waals surface area contributed by atoms with Crippen LogP contribution in [0.2, 0.25) is 0 Å². The van der Waals surface area contributed by atoms with Crippen LogP contribution in [0.3, 0.4) is 0 Å². The number of nitrogens with zero attached hydrogens (tertiary/aromatic N) is 1. The van der Waals surface area contributed by atoms with E-state index in [1.807, 2.05) is 6.92 Å². The van der Waals surface area contributed by atoms with E-state index < -0.39 is 0 Å². The summed E-state index contributed by atoms with van der Waals surface area (Å²) in [6.45, 7) is 7.38. The van der Waals surface area contributed by atoms with E-state index >= 15 is 0 Å². The van der Waals surface area contributed by atoms with E-state index in [1.54, 1.807) is 11.3 Å². The zero-order valence-corrected chi connectivity index (χ0v) is 13.7. The zero-order valence-electron chi connectivity index (χ0n) is 11.3. The Balaban J connectivity index is 2.12. The molecule has 1 aromatic rings. The second kappa shape index (κ2) is 6.83. The third kappa shape index (κ3) is 3.56. The van der Waals surface area contributed by atoms with Gasteiger partial charge < -0.3 is 10.6 Å². The van der Waals surface area contributed by atoms with Gasteiger partial charge in [-0.15, -0.1) is 11.3 Å². The highest BCUT2D eigenvalue weighted by molar-refractivity contribution is 9.10. The first-order chi connectivity index (χ1) is 9.13. The minimum atomic E-state index is -0.0791. The van der Waals surface area contributed by atoms with Gasteiger partial charge in [0.25, 0.3) is 0 Å². The van der Waals surface area contributed by atoms with E-state index in [9.17, 15) is 4.79 Å². The summed E-state index contributed by atoms with van der Waals surface area (Å²) in [6, 6.07) is 2.34. The van der Waals surface area contributed by atoms with Gasteiger partial charge in [0.05, 0.1) is 0 Å². The maximum atomic E-state index is 12.2. The first-order valence-corrected chi connectivity index (χ1v) is 8.28. The van der Waals surface area contributed by atoms with Gasteiger partial charge in [0, 0.05) is 47.0 Å². The molecular formula is C13H20BrN3OS. The number of hydrogen-bond acceptors (Lipinski definition) is 4. The van der Waals surface area contributed by atoms with Crippen LogP contribution in [0.25, 0.3) is 0 Å². The molecule has 2 atom stereocenters. The first kappa shape index (κ1) is 15.0. The molecule has 2 unspecified atom stereocenters. The van der Waals surface area contributed by atoms with E-state index in [4.69, 9.17) is 0 Å². The summed E-state index contributed by atoms with van der Waals surface area (Å²) in [7, 11) is 0. The molecule has 0 aromatic carbocycles. The second-order valence-electron chi connectivity index (χ2n) is 4.70. The molecule has 1 saturated heterocycles. The standard InChI is InChI=1S/C13H20BrN3OS/c1-3-16-13(18)11-7-15-4-5-17(11)9(2)12-6-10(14)8-19-12/h6,8-9,11,15H,3-5,7H2,1-2H3,(H,16,18). The van der Waals surface area contributed by atoms with Crippen LogP contribution >= 0.6 is 27.3 Å². The molecular weight excluding hydrogens is 326 g/mol. The molecule has 2 heterocycles. The highest BCUT2D eigenvalue weighted by Gasteiger charge is 2.32. The molecule has 1 fully saturated rings. The predicted molar refractivity (Wildman–Crippen MR) is 82.5 cm³/mol. The smallest absolute Gasteiger partial charge is 0.238 e. The van der Waals surface area contributed by atoms with Crippen molar-refractivity contribution >= 4 is 33.2 Å². The molecule has 0 radical (unpaired) electrons. The minimum Gasteiger partial charge on any atom is -0.355 e. The third-order valence-electron chi connectivity index (χ3n) is 3.44. The van der Waals surface area contributed by atoms with E-state index in [0.29, 0.717) is 6.54 Å². The summed E-state index contributed by atoms with van der Waals surface area (Å²) in [5, 5.41) is 8.33. The van der Waals surface area contributed by atoms with Crippen molar-refractivity contribution in [3.8, 4) is 0 Å². The average Bonchev–Trinajstić information content (AvgIpc) is 2.85. The van der Waals surface area contributed by atoms with E-state index in [0.717, 1.165) is 24.1 Å². The normalized spacial score (nSPS) is 22.2. The molecule has 2 N–H and O–H groups in total. The van der Waals surface area contributed by atoms with Crippen molar-refractivity contribution in [1.82, 2.24) is 15.5 Å². The van der Waals surface area contributed by atoms with Gasteiger partial charge in [0.15, 0.2) is 0 Å². The molecule has 1 aliphatic rings. The minimum absolute atomic E-state index is 0.0791. The van der Waals surface area contributed by atoms with Crippen molar-refractivity contribution in [2.24, 2.45) is 0 Å². The fourth-order valence-corrected chi connectivity index (χ4v) is 3.95. The Morgan fingerprint density at radius 1 is 1.74 bits per heavy atom. The molecule has 106 valence electrons. The Kier molecular flexibility index (Phi) is 5.38. The van der Waals surface area contributed by atoms with Gasteiger partial charge in [0.1, 0.15) is 6.04 Å². The molecule has 0 saturated carbocycles. The van der Waals surface area contributed by atoms with Crippen LogP contribution in [0.4, 0.5) is 0 Å². The van der Waals surface area contributed by atoms with Crippen molar-refractivity contribution in [2.45, 2.75) is 25.9 Å². The van der Waals surface area contributed by atoms with Gasteiger partial charge in [-0.1, -0.05) is 0 Å². The van der Waals surface area contributed by atoms with Gasteiger partial charge in [-0.05, 0) is 35.8 Å². The number of carbonyl (C=O) groups is 1. The molecule has 2 rings (SSSR count). The van der Waals surface area contributed by atoms with Crippen LogP contribution in [-0.2, 0) is 4.79 Å². The fourth-order valence-electron chi connectivity index (χ4n) is 2.43. The Hall–Kier alpha value is -0.430. The molecule has 6 heteroatoms. The molecule has 1 aromatic heterocycles. The quantitative estimate of drug-likeness (QED) is 0.876. The van der Waals surface area contributed by atoms with Crippen molar-refractivity contribution in [1.29, 1.82) is 0 Å². The highest BCUT2D eigenvalue weighted by atomic mass is 79.9. The molecule has 19 heavy (non-hydrogen) atoms. The molecule has 1 amide bonds. The Morgan fingerprint density at radius 2 is 2.53 bits per heavy atom. The van der Waals surface area contributed by atoms with E-state index in [-0.39, 0.29) is 18.0 Å². The van der Waals surface area contributed by atoms with Gasteiger partial charge in [-0.2, -0.15) is 0 Å². The number of nitrogens with one attached hydrogen (secondary N) is 2. The molecule has 0 aliphatic carbocycles. The lowest BCUT2D eigenvalue weighted by Gasteiger charge is -2.38. The number of thiophene rings is 1. The Labute approximate surface area is 126 Å². The Bertz CT molecular complexity index is 437. The summed E-state index contributed by atoms with van der Waals surface area (Å²) in [6.07, 6.45) is 0. The van der Waals surface area contributed by atoms with Crippen LogP contribution in [0.5, 0.6) is 0 Å². The van der Waals surface area contributed by atoms with Gasteiger partial charge in [-0.25, -0.2) is 0 Å². The van der Waals surface area contributed by atoms with Crippen LogP contribution in [-0.4, -0.2) is 43.0 Å². The number of likely N-dealkylation sites (N-methyl/N-ethyl adjacent to an activating group) is 1. The van der Waals surface area contributed by atoms with E-state index in [2.05, 4.69) is 49.8 Å². The SMILES string of the molecule is CCNC(=O)C1CNCCN1C(C)c1cc(Br)cs1. The molecule has 4 nitrogen and oxygen atoms in total. The predicted octanol–water partition coefficient (Wildman–Crippen LogP) is 1.98. The van der Waals surface area contributed by atoms with Crippen molar-refractivity contribution in [3.63, 3.8) is 0 Å². The number of rotatable bonds is 4. The maximum Gasteiger partial charge on any atom is 0.238 e. The number of halogens is 1. The topological polar surface area (TPSA) is 44.4 Å². The van der Waals surface area contributed by atoms with Crippen LogP contribution in [0.1, 0.15) is 24.8 Å². The first-order valence-electron chi connectivity index (χ1n) is 6.61. The van der Waals surface area contributed by atoms with E-state index in [1.165, 1.54) is 4.88 Å². The van der Waals surface area contributed by atoms with Crippen molar-refractivity contribution < 1.29 is 4.79 Å². The average molecular weight is 346 g/mol. The van der Waals surface area contributed by atoms with Gasteiger partial charge in [-0.3, -0.25) is 9.69 Å². The maximum absolute atomic E-state index is 12.2.